The summed E-state index contributed by atoms with van der Waals surface area (Å²) in [6, 6.07) is 6.96. The normalized spacial score (nSPS) is 13.0. The maximum absolute atomic E-state index is 12.4. The lowest BCUT2D eigenvalue weighted by Crippen LogP contribution is -2.30. The van der Waals surface area contributed by atoms with Crippen LogP contribution in [-0.2, 0) is 9.53 Å². The Balaban J connectivity index is 2.09. The topological polar surface area (TPSA) is 101 Å². The van der Waals surface area contributed by atoms with Crippen molar-refractivity contribution in [3.63, 3.8) is 0 Å². The van der Waals surface area contributed by atoms with Crippen molar-refractivity contribution in [3.8, 4) is 5.75 Å². The molecular formula is C19H24N2O5. The second kappa shape index (κ2) is 8.05. The third-order valence-electron chi connectivity index (χ3n) is 4.14. The van der Waals surface area contributed by atoms with Crippen LogP contribution in [-0.4, -0.2) is 35.2 Å². The van der Waals surface area contributed by atoms with E-state index in [1.165, 1.54) is 14.0 Å². The van der Waals surface area contributed by atoms with Gasteiger partial charge in [-0.3, -0.25) is 4.79 Å². The number of hydrogen-bond donors (Lipinski definition) is 3. The Hall–Kier alpha value is -2.80. The van der Waals surface area contributed by atoms with Crippen LogP contribution in [0.4, 0.5) is 5.69 Å². The molecule has 0 unspecified atom stereocenters. The molecule has 1 aromatic heterocycles. The van der Waals surface area contributed by atoms with Crippen LogP contribution in [0.3, 0.4) is 0 Å². The van der Waals surface area contributed by atoms with Gasteiger partial charge in [0.15, 0.2) is 6.10 Å². The molecule has 0 saturated carbocycles. The van der Waals surface area contributed by atoms with E-state index in [1.54, 1.807) is 45.0 Å². The van der Waals surface area contributed by atoms with Crippen LogP contribution >= 0.6 is 0 Å². The number of hydrogen-bond acceptors (Lipinski definition) is 5. The quantitative estimate of drug-likeness (QED) is 0.688. The van der Waals surface area contributed by atoms with Crippen LogP contribution in [0.25, 0.3) is 0 Å². The summed E-state index contributed by atoms with van der Waals surface area (Å²) < 4.78 is 10.4. The number of methoxy groups -OCH3 is 1. The second-order valence-electron chi connectivity index (χ2n) is 6.08. The minimum Gasteiger partial charge on any atom is -0.495 e. The number of para-hydroxylation sites is 2. The number of nitrogens with one attached hydrogen (secondary N) is 2. The third-order valence-corrected chi connectivity index (χ3v) is 4.14. The smallest absolute Gasteiger partial charge is 0.355 e. The first-order valence-electron chi connectivity index (χ1n) is 8.28. The van der Waals surface area contributed by atoms with Crippen molar-refractivity contribution in [3.05, 3.63) is 46.8 Å². The van der Waals surface area contributed by atoms with Crippen LogP contribution < -0.4 is 10.1 Å². The Morgan fingerprint density at radius 2 is 1.85 bits per heavy atom. The molecular weight excluding hydrogens is 336 g/mol. The zero-order chi connectivity index (χ0) is 19.4. The molecule has 1 heterocycles. The summed E-state index contributed by atoms with van der Waals surface area (Å²) in [5.41, 5.74) is 2.68. The minimum absolute atomic E-state index is 0.232. The molecule has 0 radical (unpaired) electrons. The van der Waals surface area contributed by atoms with E-state index in [9.17, 15) is 14.7 Å². The van der Waals surface area contributed by atoms with Gasteiger partial charge >= 0.3 is 5.97 Å². The van der Waals surface area contributed by atoms with Crippen molar-refractivity contribution in [2.45, 2.75) is 39.9 Å². The molecule has 0 aliphatic carbocycles. The van der Waals surface area contributed by atoms with E-state index in [0.717, 1.165) is 0 Å². The summed E-state index contributed by atoms with van der Waals surface area (Å²) in [6.45, 7) is 6.61. The van der Waals surface area contributed by atoms with Crippen molar-refractivity contribution in [2.75, 3.05) is 12.4 Å². The summed E-state index contributed by atoms with van der Waals surface area (Å²) in [4.78, 5) is 27.6. The van der Waals surface area contributed by atoms with E-state index in [-0.39, 0.29) is 5.69 Å². The number of aliphatic hydroxyl groups is 1. The fourth-order valence-electron chi connectivity index (χ4n) is 2.85. The number of ether oxygens (including phenoxy) is 2. The van der Waals surface area contributed by atoms with Gasteiger partial charge in [-0.2, -0.15) is 0 Å². The molecule has 3 N–H and O–H groups in total. The number of anilines is 1. The molecule has 1 amide bonds. The average molecular weight is 360 g/mol. The van der Waals surface area contributed by atoms with Gasteiger partial charge in [-0.25, -0.2) is 4.79 Å². The SMILES string of the molecule is COc1ccccc1NC(=O)[C@H](C)OC(=O)c1[nH]c(C)c([C@@H](C)O)c1C. The summed E-state index contributed by atoms with van der Waals surface area (Å²) in [5, 5.41) is 12.5. The average Bonchev–Trinajstić information content (AvgIpc) is 2.89. The van der Waals surface area contributed by atoms with Gasteiger partial charge in [-0.05, 0) is 45.4 Å². The van der Waals surface area contributed by atoms with Crippen molar-refractivity contribution in [2.24, 2.45) is 0 Å². The van der Waals surface area contributed by atoms with Crippen molar-refractivity contribution in [1.29, 1.82) is 0 Å². The Bertz CT molecular complexity index is 810. The molecule has 26 heavy (non-hydrogen) atoms. The first-order valence-corrected chi connectivity index (χ1v) is 8.28. The van der Waals surface area contributed by atoms with Crippen LogP contribution in [0.2, 0.25) is 0 Å². The van der Waals surface area contributed by atoms with Gasteiger partial charge < -0.3 is 24.9 Å². The van der Waals surface area contributed by atoms with E-state index < -0.39 is 24.1 Å². The highest BCUT2D eigenvalue weighted by Gasteiger charge is 2.25. The Morgan fingerprint density at radius 3 is 2.42 bits per heavy atom. The molecule has 0 aliphatic rings. The molecule has 0 bridgehead atoms. The van der Waals surface area contributed by atoms with Gasteiger partial charge in [-0.15, -0.1) is 0 Å². The molecule has 2 aromatic rings. The number of esters is 1. The summed E-state index contributed by atoms with van der Waals surface area (Å²) in [5.74, 6) is -0.614. The van der Waals surface area contributed by atoms with Gasteiger partial charge in [0.1, 0.15) is 11.4 Å². The molecule has 7 heteroatoms. The molecule has 0 saturated heterocycles. The first kappa shape index (κ1) is 19.5. The first-order chi connectivity index (χ1) is 12.3. The number of carbonyl (C=O) groups excluding carboxylic acids is 2. The van der Waals surface area contributed by atoms with Crippen LogP contribution in [0, 0.1) is 13.8 Å². The monoisotopic (exact) mass is 360 g/mol. The summed E-state index contributed by atoms with van der Waals surface area (Å²) in [7, 11) is 1.50. The number of aromatic amines is 1. The van der Waals surface area contributed by atoms with Crippen molar-refractivity contribution >= 4 is 17.6 Å². The highest BCUT2D eigenvalue weighted by atomic mass is 16.5. The Labute approximate surface area is 152 Å². The molecule has 2 atom stereocenters. The lowest BCUT2D eigenvalue weighted by atomic mass is 10.1. The van der Waals surface area contributed by atoms with Crippen LogP contribution in [0.5, 0.6) is 5.75 Å². The van der Waals surface area contributed by atoms with Crippen molar-refractivity contribution in [1.82, 2.24) is 4.98 Å². The zero-order valence-electron chi connectivity index (χ0n) is 15.5. The van der Waals surface area contributed by atoms with E-state index in [4.69, 9.17) is 9.47 Å². The van der Waals surface area contributed by atoms with Gasteiger partial charge in [-0.1, -0.05) is 12.1 Å². The molecule has 0 spiro atoms. The van der Waals surface area contributed by atoms with E-state index in [1.807, 2.05) is 0 Å². The minimum atomic E-state index is -1.01. The summed E-state index contributed by atoms with van der Waals surface area (Å²) >= 11 is 0. The maximum atomic E-state index is 12.4. The largest absolute Gasteiger partial charge is 0.495 e. The van der Waals surface area contributed by atoms with E-state index in [2.05, 4.69) is 10.3 Å². The number of aliphatic hydroxyl groups excluding tert-OH is 1. The number of benzene rings is 1. The molecule has 0 fully saturated rings. The number of amides is 1. The summed E-state index contributed by atoms with van der Waals surface area (Å²) in [6.07, 6.45) is -1.72. The highest BCUT2D eigenvalue weighted by Crippen LogP contribution is 2.26. The number of H-pyrrole nitrogens is 1. The highest BCUT2D eigenvalue weighted by molar-refractivity contribution is 5.98. The number of aromatic nitrogens is 1. The van der Waals surface area contributed by atoms with Gasteiger partial charge in [0.2, 0.25) is 0 Å². The molecule has 7 nitrogen and oxygen atoms in total. The molecule has 1 aromatic carbocycles. The van der Waals surface area contributed by atoms with Gasteiger partial charge in [0.05, 0.1) is 18.9 Å². The third kappa shape index (κ3) is 4.05. The van der Waals surface area contributed by atoms with Gasteiger partial charge in [0, 0.05) is 11.3 Å². The zero-order valence-corrected chi connectivity index (χ0v) is 15.5. The second-order valence-corrected chi connectivity index (χ2v) is 6.08. The molecule has 2 rings (SSSR count). The Kier molecular flexibility index (Phi) is 6.05. The fraction of sp³-hybridized carbons (Fsp3) is 0.368. The lowest BCUT2D eigenvalue weighted by molar-refractivity contribution is -0.123. The fourth-order valence-corrected chi connectivity index (χ4v) is 2.85. The predicted molar refractivity (Wildman–Crippen MR) is 97.4 cm³/mol. The van der Waals surface area contributed by atoms with Crippen molar-refractivity contribution < 1.29 is 24.2 Å². The molecule has 0 aliphatic heterocycles. The van der Waals surface area contributed by atoms with Crippen LogP contribution in [0.15, 0.2) is 24.3 Å². The molecule has 140 valence electrons. The predicted octanol–water partition coefficient (Wildman–Crippen LogP) is 2.88. The maximum Gasteiger partial charge on any atom is 0.355 e. The number of aryl methyl sites for hydroxylation is 1. The van der Waals surface area contributed by atoms with Crippen LogP contribution in [0.1, 0.15) is 47.3 Å². The van der Waals surface area contributed by atoms with E-state index in [0.29, 0.717) is 28.3 Å². The Morgan fingerprint density at radius 1 is 1.19 bits per heavy atom. The number of rotatable bonds is 6. The van der Waals surface area contributed by atoms with E-state index >= 15 is 0 Å². The standard InChI is InChI=1S/C19H24N2O5/c1-10-16(12(3)22)11(2)20-17(10)19(24)26-13(4)18(23)21-14-8-6-7-9-15(14)25-5/h6-9,12-13,20,22H,1-5H3,(H,21,23)/t12-,13+/m1/s1. The van der Waals surface area contributed by atoms with Gasteiger partial charge in [0.25, 0.3) is 5.91 Å². The number of carbonyl (C=O) groups is 2. The lowest BCUT2D eigenvalue weighted by Gasteiger charge is -2.15.